The van der Waals surface area contributed by atoms with Gasteiger partial charge in [-0.05, 0) is 31.5 Å². The van der Waals surface area contributed by atoms with Crippen molar-refractivity contribution >= 4 is 0 Å². The molecule has 0 saturated heterocycles. The molecule has 90 valence electrons. The molecule has 1 aromatic carbocycles. The van der Waals surface area contributed by atoms with Crippen LogP contribution in [0.25, 0.3) is 11.1 Å². The Kier molecular flexibility index (Phi) is 2.95. The predicted molar refractivity (Wildman–Crippen MR) is 65.3 cm³/mol. The van der Waals surface area contributed by atoms with Crippen molar-refractivity contribution in [3.8, 4) is 28.6 Å². The lowest BCUT2D eigenvalue weighted by atomic mass is 10.1. The predicted octanol–water partition coefficient (Wildman–Crippen LogP) is 2.88. The Morgan fingerprint density at radius 2 is 1.76 bits per heavy atom. The van der Waals surface area contributed by atoms with Crippen LogP contribution in [0.1, 0.15) is 13.8 Å². The minimum atomic E-state index is -0.0555. The molecule has 0 amide bonds. The normalized spacial score (nSPS) is 10.8. The van der Waals surface area contributed by atoms with Crippen molar-refractivity contribution in [3.05, 3.63) is 30.3 Å². The van der Waals surface area contributed by atoms with Gasteiger partial charge in [-0.2, -0.15) is 0 Å². The number of hydrogen-bond donors (Lipinski definition) is 3. The number of aromatic amines is 1. The summed E-state index contributed by atoms with van der Waals surface area (Å²) in [6.45, 7) is 3.92. The van der Waals surface area contributed by atoms with Crippen molar-refractivity contribution in [2.45, 2.75) is 20.0 Å². The highest BCUT2D eigenvalue weighted by Crippen LogP contribution is 2.32. The van der Waals surface area contributed by atoms with E-state index in [1.54, 1.807) is 0 Å². The Hall–Kier alpha value is -2.10. The molecule has 0 aliphatic rings. The smallest absolute Gasteiger partial charge is 0.199 e. The molecule has 0 aliphatic heterocycles. The Bertz CT molecular complexity index is 500. The van der Waals surface area contributed by atoms with E-state index >= 15 is 0 Å². The number of rotatable bonds is 3. The Morgan fingerprint density at radius 1 is 1.12 bits per heavy atom. The number of aromatic nitrogens is 1. The van der Waals surface area contributed by atoms with Crippen molar-refractivity contribution in [2.75, 3.05) is 0 Å². The highest BCUT2D eigenvalue weighted by molar-refractivity contribution is 5.70. The molecule has 0 spiro atoms. The van der Waals surface area contributed by atoms with Gasteiger partial charge in [-0.1, -0.05) is 12.1 Å². The van der Waals surface area contributed by atoms with Gasteiger partial charge >= 0.3 is 0 Å². The maximum atomic E-state index is 9.55. The molecule has 2 aromatic rings. The number of aromatic hydroxyl groups is 2. The van der Waals surface area contributed by atoms with Crippen molar-refractivity contribution in [2.24, 2.45) is 0 Å². The average molecular weight is 233 g/mol. The van der Waals surface area contributed by atoms with Gasteiger partial charge in [0.1, 0.15) is 5.75 Å². The molecule has 4 nitrogen and oxygen atoms in total. The number of H-pyrrole nitrogens is 1. The number of ether oxygens (including phenoxy) is 1. The van der Waals surface area contributed by atoms with Gasteiger partial charge in [0.05, 0.1) is 6.10 Å². The van der Waals surface area contributed by atoms with Crippen LogP contribution in [0.3, 0.4) is 0 Å². The van der Waals surface area contributed by atoms with Crippen LogP contribution in [0, 0.1) is 0 Å². The summed E-state index contributed by atoms with van der Waals surface area (Å²) in [5.74, 6) is 0.683. The van der Waals surface area contributed by atoms with Crippen LogP contribution in [-0.2, 0) is 0 Å². The maximum Gasteiger partial charge on any atom is 0.199 e. The number of nitrogens with one attached hydrogen (secondary N) is 1. The van der Waals surface area contributed by atoms with Gasteiger partial charge in [0, 0.05) is 11.6 Å². The quantitative estimate of drug-likeness (QED) is 0.763. The fraction of sp³-hybridized carbons (Fsp3) is 0.231. The third-order valence-electron chi connectivity index (χ3n) is 2.32. The lowest BCUT2D eigenvalue weighted by molar-refractivity contribution is 0.242. The summed E-state index contributed by atoms with van der Waals surface area (Å²) in [4.78, 5) is 2.43. The molecule has 0 saturated carbocycles. The molecular formula is C13H15NO3. The SMILES string of the molecule is CC(C)Oc1ccc(-c2cc(O)[nH]c2O)cc1. The largest absolute Gasteiger partial charge is 0.494 e. The molecule has 0 radical (unpaired) electrons. The first-order valence-electron chi connectivity index (χ1n) is 5.44. The fourth-order valence-electron chi connectivity index (χ4n) is 1.64. The van der Waals surface area contributed by atoms with Gasteiger partial charge in [0.2, 0.25) is 0 Å². The molecule has 0 unspecified atom stereocenters. The molecule has 1 aromatic heterocycles. The number of hydrogen-bond acceptors (Lipinski definition) is 3. The second kappa shape index (κ2) is 4.41. The summed E-state index contributed by atoms with van der Waals surface area (Å²) in [6, 6.07) is 8.81. The third-order valence-corrected chi connectivity index (χ3v) is 2.32. The molecule has 1 heterocycles. The molecule has 4 heteroatoms. The Balaban J connectivity index is 2.26. The molecule has 0 atom stereocenters. The van der Waals surface area contributed by atoms with E-state index in [9.17, 15) is 10.2 Å². The van der Waals surface area contributed by atoms with Gasteiger partial charge in [-0.25, -0.2) is 0 Å². The van der Waals surface area contributed by atoms with E-state index in [4.69, 9.17) is 4.74 Å². The van der Waals surface area contributed by atoms with Gasteiger partial charge in [-0.3, -0.25) is 4.98 Å². The van der Waals surface area contributed by atoms with E-state index in [-0.39, 0.29) is 17.9 Å². The zero-order chi connectivity index (χ0) is 12.4. The Morgan fingerprint density at radius 3 is 2.24 bits per heavy atom. The van der Waals surface area contributed by atoms with E-state index in [0.29, 0.717) is 5.56 Å². The molecule has 0 bridgehead atoms. The van der Waals surface area contributed by atoms with Gasteiger partial charge < -0.3 is 14.9 Å². The van der Waals surface area contributed by atoms with Crippen LogP contribution in [0.5, 0.6) is 17.5 Å². The molecule has 0 aliphatic carbocycles. The first-order valence-corrected chi connectivity index (χ1v) is 5.44. The second-order valence-electron chi connectivity index (χ2n) is 4.11. The first kappa shape index (κ1) is 11.4. The fourth-order valence-corrected chi connectivity index (χ4v) is 1.64. The average Bonchev–Trinajstić information content (AvgIpc) is 2.58. The first-order chi connectivity index (χ1) is 8.06. The van der Waals surface area contributed by atoms with Crippen LogP contribution in [-0.4, -0.2) is 21.3 Å². The van der Waals surface area contributed by atoms with Crippen LogP contribution in [0.4, 0.5) is 0 Å². The summed E-state index contributed by atoms with van der Waals surface area (Å²) in [7, 11) is 0. The van der Waals surface area contributed by atoms with Gasteiger partial charge in [0.25, 0.3) is 0 Å². The standard InChI is InChI=1S/C13H15NO3/c1-8(2)17-10-5-3-9(4-6-10)11-7-12(15)14-13(11)16/h3-8,14-16H,1-2H3. The second-order valence-corrected chi connectivity index (χ2v) is 4.11. The van der Waals surface area contributed by atoms with Crippen molar-refractivity contribution in [1.82, 2.24) is 4.98 Å². The zero-order valence-corrected chi connectivity index (χ0v) is 9.77. The van der Waals surface area contributed by atoms with Gasteiger partial charge in [-0.15, -0.1) is 0 Å². The molecule has 3 N–H and O–H groups in total. The van der Waals surface area contributed by atoms with E-state index in [1.807, 2.05) is 38.1 Å². The lowest BCUT2D eigenvalue weighted by Crippen LogP contribution is -2.05. The number of benzene rings is 1. The summed E-state index contributed by atoms with van der Waals surface area (Å²) in [6.07, 6.45) is 0.130. The maximum absolute atomic E-state index is 9.55. The van der Waals surface area contributed by atoms with Crippen molar-refractivity contribution in [1.29, 1.82) is 0 Å². The minimum absolute atomic E-state index is 0.0416. The van der Waals surface area contributed by atoms with Crippen LogP contribution < -0.4 is 4.74 Å². The van der Waals surface area contributed by atoms with E-state index in [1.165, 1.54) is 6.07 Å². The topological polar surface area (TPSA) is 65.5 Å². The summed E-state index contributed by atoms with van der Waals surface area (Å²) in [5.41, 5.74) is 1.38. The summed E-state index contributed by atoms with van der Waals surface area (Å²) < 4.78 is 5.52. The van der Waals surface area contributed by atoms with E-state index in [2.05, 4.69) is 4.98 Å². The lowest BCUT2D eigenvalue weighted by Gasteiger charge is -2.09. The van der Waals surface area contributed by atoms with Gasteiger partial charge in [0.15, 0.2) is 11.8 Å². The van der Waals surface area contributed by atoms with E-state index in [0.717, 1.165) is 11.3 Å². The van der Waals surface area contributed by atoms with Crippen molar-refractivity contribution < 1.29 is 14.9 Å². The molecular weight excluding hydrogens is 218 g/mol. The van der Waals surface area contributed by atoms with Crippen LogP contribution in [0.2, 0.25) is 0 Å². The Labute approximate surface area is 99.5 Å². The highest BCUT2D eigenvalue weighted by Gasteiger charge is 2.08. The third kappa shape index (κ3) is 2.53. The minimum Gasteiger partial charge on any atom is -0.494 e. The summed E-state index contributed by atoms with van der Waals surface area (Å²) in [5, 5.41) is 18.8. The van der Waals surface area contributed by atoms with Crippen molar-refractivity contribution in [3.63, 3.8) is 0 Å². The highest BCUT2D eigenvalue weighted by atomic mass is 16.5. The van der Waals surface area contributed by atoms with E-state index < -0.39 is 0 Å². The van der Waals surface area contributed by atoms with Crippen LogP contribution >= 0.6 is 0 Å². The van der Waals surface area contributed by atoms with Crippen LogP contribution in [0.15, 0.2) is 30.3 Å². The molecule has 0 fully saturated rings. The molecule has 2 rings (SSSR count). The summed E-state index contributed by atoms with van der Waals surface area (Å²) >= 11 is 0. The monoisotopic (exact) mass is 233 g/mol. The zero-order valence-electron chi connectivity index (χ0n) is 9.77. The molecule has 17 heavy (non-hydrogen) atoms.